The first kappa shape index (κ1) is 12.3. The molecule has 0 amide bonds. The quantitative estimate of drug-likeness (QED) is 0.895. The molecule has 1 heterocycles. The molecule has 7 heteroatoms. The van der Waals surface area contributed by atoms with Gasteiger partial charge in [0.05, 0.1) is 17.5 Å². The minimum absolute atomic E-state index is 0.161. The van der Waals surface area contributed by atoms with Gasteiger partial charge in [-0.05, 0) is 25.1 Å². The molecule has 0 bridgehead atoms. The Hall–Kier alpha value is -2.18. The summed E-state index contributed by atoms with van der Waals surface area (Å²) in [7, 11) is 0. The number of benzene rings is 1. The number of nitrogens with zero attached hydrogens (tertiary/aromatic N) is 3. The van der Waals surface area contributed by atoms with E-state index in [2.05, 4.69) is 20.5 Å². The zero-order valence-electron chi connectivity index (χ0n) is 9.36. The van der Waals surface area contributed by atoms with Gasteiger partial charge < -0.3 is 5.32 Å². The van der Waals surface area contributed by atoms with Gasteiger partial charge in [0.25, 0.3) is 0 Å². The average molecular weight is 254 g/mol. The molecule has 1 aromatic carbocycles. The second-order valence-electron chi connectivity index (χ2n) is 3.62. The van der Waals surface area contributed by atoms with Crippen LogP contribution in [0.2, 0.25) is 0 Å². The molecule has 0 aliphatic heterocycles. The first-order chi connectivity index (χ1) is 8.45. The van der Waals surface area contributed by atoms with Crippen molar-refractivity contribution in [2.75, 3.05) is 5.32 Å². The maximum Gasteiger partial charge on any atom is 0.416 e. The first-order valence-electron chi connectivity index (χ1n) is 5.06. The molecule has 4 nitrogen and oxygen atoms in total. The number of halogens is 3. The summed E-state index contributed by atoms with van der Waals surface area (Å²) in [6.07, 6.45) is -2.92. The summed E-state index contributed by atoms with van der Waals surface area (Å²) in [6, 6.07) is 4.81. The number of aromatic nitrogens is 3. The minimum atomic E-state index is -4.37. The predicted molar refractivity (Wildman–Crippen MR) is 59.3 cm³/mol. The Kier molecular flexibility index (Phi) is 3.14. The second-order valence-corrected chi connectivity index (χ2v) is 3.62. The van der Waals surface area contributed by atoms with E-state index >= 15 is 0 Å². The largest absolute Gasteiger partial charge is 0.416 e. The molecule has 2 aromatic rings. The SMILES string of the molecule is Cc1cnnc(Nc2cccc(C(F)(F)F)c2)n1. The van der Waals surface area contributed by atoms with Crippen LogP contribution in [0.3, 0.4) is 0 Å². The lowest BCUT2D eigenvalue weighted by Gasteiger charge is -2.09. The number of rotatable bonds is 2. The third kappa shape index (κ3) is 2.93. The van der Waals surface area contributed by atoms with E-state index in [9.17, 15) is 13.2 Å². The average Bonchev–Trinajstić information content (AvgIpc) is 2.28. The molecule has 0 aliphatic rings. The van der Waals surface area contributed by atoms with Crippen LogP contribution in [0.4, 0.5) is 24.8 Å². The summed E-state index contributed by atoms with van der Waals surface area (Å²) in [5.41, 5.74) is 0.157. The summed E-state index contributed by atoms with van der Waals surface area (Å²) in [4.78, 5) is 3.99. The van der Waals surface area contributed by atoms with Crippen LogP contribution in [-0.2, 0) is 6.18 Å². The van der Waals surface area contributed by atoms with E-state index in [0.717, 1.165) is 12.1 Å². The normalized spacial score (nSPS) is 11.3. The van der Waals surface area contributed by atoms with Crippen molar-refractivity contribution < 1.29 is 13.2 Å². The number of alkyl halides is 3. The van der Waals surface area contributed by atoms with Gasteiger partial charge in [-0.3, -0.25) is 0 Å². The number of anilines is 2. The molecule has 94 valence electrons. The lowest BCUT2D eigenvalue weighted by molar-refractivity contribution is -0.137. The van der Waals surface area contributed by atoms with Gasteiger partial charge in [-0.2, -0.15) is 18.3 Å². The standard InChI is InChI=1S/C11H9F3N4/c1-7-6-15-18-10(16-7)17-9-4-2-3-8(5-9)11(12,13)14/h2-6H,1H3,(H,16,17,18). The van der Waals surface area contributed by atoms with Crippen LogP contribution in [0.5, 0.6) is 0 Å². The van der Waals surface area contributed by atoms with Crippen molar-refractivity contribution in [1.82, 2.24) is 15.2 Å². The highest BCUT2D eigenvalue weighted by Gasteiger charge is 2.30. The summed E-state index contributed by atoms with van der Waals surface area (Å²) in [5, 5.41) is 10.0. The van der Waals surface area contributed by atoms with Crippen LogP contribution in [0.25, 0.3) is 0 Å². The Morgan fingerprint density at radius 3 is 2.67 bits per heavy atom. The van der Waals surface area contributed by atoms with Gasteiger partial charge >= 0.3 is 6.18 Å². The highest BCUT2D eigenvalue weighted by Crippen LogP contribution is 2.31. The number of nitrogens with one attached hydrogen (secondary N) is 1. The molecule has 0 saturated carbocycles. The highest BCUT2D eigenvalue weighted by molar-refractivity contribution is 5.54. The fraction of sp³-hybridized carbons (Fsp3) is 0.182. The zero-order chi connectivity index (χ0) is 13.2. The van der Waals surface area contributed by atoms with Gasteiger partial charge in [0.1, 0.15) is 0 Å². The summed E-state index contributed by atoms with van der Waals surface area (Å²) in [6.45, 7) is 1.71. The Morgan fingerprint density at radius 2 is 2.00 bits per heavy atom. The van der Waals surface area contributed by atoms with Crippen molar-refractivity contribution >= 4 is 11.6 Å². The van der Waals surface area contributed by atoms with E-state index in [1.807, 2.05) is 0 Å². The van der Waals surface area contributed by atoms with Crippen LogP contribution < -0.4 is 5.32 Å². The maximum absolute atomic E-state index is 12.5. The molecule has 2 rings (SSSR count). The molecule has 0 spiro atoms. The van der Waals surface area contributed by atoms with Gasteiger partial charge in [0, 0.05) is 5.69 Å². The molecule has 0 atom stereocenters. The number of hydrogen-bond donors (Lipinski definition) is 1. The van der Waals surface area contributed by atoms with Crippen molar-refractivity contribution in [3.05, 3.63) is 41.7 Å². The van der Waals surface area contributed by atoms with Crippen molar-refractivity contribution in [2.24, 2.45) is 0 Å². The Labute approximate surface area is 101 Å². The minimum Gasteiger partial charge on any atom is -0.323 e. The lowest BCUT2D eigenvalue weighted by atomic mass is 10.2. The third-order valence-electron chi connectivity index (χ3n) is 2.13. The Balaban J connectivity index is 2.25. The zero-order valence-corrected chi connectivity index (χ0v) is 9.36. The van der Waals surface area contributed by atoms with E-state index in [4.69, 9.17) is 0 Å². The predicted octanol–water partition coefficient (Wildman–Crippen LogP) is 2.94. The highest BCUT2D eigenvalue weighted by atomic mass is 19.4. The third-order valence-corrected chi connectivity index (χ3v) is 2.13. The molecule has 0 fully saturated rings. The topological polar surface area (TPSA) is 50.7 Å². The van der Waals surface area contributed by atoms with Gasteiger partial charge in [-0.15, -0.1) is 5.10 Å². The van der Waals surface area contributed by atoms with Crippen LogP contribution in [0, 0.1) is 6.92 Å². The molecular formula is C11H9F3N4. The van der Waals surface area contributed by atoms with E-state index in [0.29, 0.717) is 5.69 Å². The van der Waals surface area contributed by atoms with Crippen LogP contribution in [0.1, 0.15) is 11.3 Å². The van der Waals surface area contributed by atoms with Crippen molar-refractivity contribution in [3.63, 3.8) is 0 Å². The number of hydrogen-bond acceptors (Lipinski definition) is 4. The molecule has 1 aromatic heterocycles. The fourth-order valence-corrected chi connectivity index (χ4v) is 1.34. The van der Waals surface area contributed by atoms with Crippen LogP contribution in [-0.4, -0.2) is 15.2 Å². The fourth-order valence-electron chi connectivity index (χ4n) is 1.34. The van der Waals surface area contributed by atoms with Crippen molar-refractivity contribution in [3.8, 4) is 0 Å². The van der Waals surface area contributed by atoms with Gasteiger partial charge in [-0.1, -0.05) is 6.07 Å². The summed E-state index contributed by atoms with van der Waals surface area (Å²) < 4.78 is 37.5. The summed E-state index contributed by atoms with van der Waals surface area (Å²) in [5.74, 6) is 0.161. The molecule has 0 radical (unpaired) electrons. The summed E-state index contributed by atoms with van der Waals surface area (Å²) >= 11 is 0. The Morgan fingerprint density at radius 1 is 1.22 bits per heavy atom. The second kappa shape index (κ2) is 4.59. The van der Waals surface area contributed by atoms with Gasteiger partial charge in [0.15, 0.2) is 0 Å². The molecule has 1 N–H and O–H groups in total. The smallest absolute Gasteiger partial charge is 0.323 e. The van der Waals surface area contributed by atoms with Gasteiger partial charge in [0.2, 0.25) is 5.95 Å². The molecule has 0 saturated heterocycles. The van der Waals surface area contributed by atoms with Crippen molar-refractivity contribution in [2.45, 2.75) is 13.1 Å². The lowest BCUT2D eigenvalue weighted by Crippen LogP contribution is -2.06. The molecule has 0 unspecified atom stereocenters. The van der Waals surface area contributed by atoms with E-state index in [-0.39, 0.29) is 11.6 Å². The number of aryl methyl sites for hydroxylation is 1. The van der Waals surface area contributed by atoms with Crippen molar-refractivity contribution in [1.29, 1.82) is 0 Å². The molecule has 0 aliphatic carbocycles. The first-order valence-corrected chi connectivity index (χ1v) is 5.06. The Bertz CT molecular complexity index is 554. The molecule has 18 heavy (non-hydrogen) atoms. The van der Waals surface area contributed by atoms with Crippen LogP contribution >= 0.6 is 0 Å². The van der Waals surface area contributed by atoms with E-state index in [1.54, 1.807) is 6.92 Å². The van der Waals surface area contributed by atoms with Gasteiger partial charge in [-0.25, -0.2) is 4.98 Å². The maximum atomic E-state index is 12.5. The molecular weight excluding hydrogens is 245 g/mol. The van der Waals surface area contributed by atoms with Crippen LogP contribution in [0.15, 0.2) is 30.5 Å². The van der Waals surface area contributed by atoms with E-state index in [1.165, 1.54) is 18.3 Å². The monoisotopic (exact) mass is 254 g/mol. The van der Waals surface area contributed by atoms with E-state index < -0.39 is 11.7 Å².